The fraction of sp³-hybridized carbons (Fsp3) is 0.350. The van der Waals surface area contributed by atoms with E-state index in [0.29, 0.717) is 17.1 Å². The molecular formula is C20H23ClN2O2S. The van der Waals surface area contributed by atoms with Crippen LogP contribution in [0.1, 0.15) is 15.9 Å². The Morgan fingerprint density at radius 3 is 2.54 bits per heavy atom. The second kappa shape index (κ2) is 8.80. The standard InChI is InChI=1S/C20H23ClN2O2S/c1-22(20(24)18-13-17(26-2)7-8-19(18)21)14-15-3-5-16(6-4-15)23-9-11-25-12-10-23/h3-8,13H,9-12,14H2,1-2H3. The first-order chi connectivity index (χ1) is 12.6. The van der Waals surface area contributed by atoms with Crippen LogP contribution in [0.15, 0.2) is 47.4 Å². The molecule has 3 rings (SSSR count). The number of rotatable bonds is 5. The summed E-state index contributed by atoms with van der Waals surface area (Å²) in [6.45, 7) is 3.93. The minimum absolute atomic E-state index is 0.0665. The quantitative estimate of drug-likeness (QED) is 0.717. The number of carbonyl (C=O) groups is 1. The van der Waals surface area contributed by atoms with Crippen LogP contribution in [0, 0.1) is 0 Å². The molecule has 1 heterocycles. The van der Waals surface area contributed by atoms with Crippen molar-refractivity contribution >= 4 is 35.0 Å². The van der Waals surface area contributed by atoms with Gasteiger partial charge in [0.2, 0.25) is 0 Å². The summed E-state index contributed by atoms with van der Waals surface area (Å²) in [7, 11) is 1.81. The number of thioether (sulfide) groups is 1. The average Bonchev–Trinajstić information content (AvgIpc) is 2.69. The number of morpholine rings is 1. The Labute approximate surface area is 164 Å². The van der Waals surface area contributed by atoms with Gasteiger partial charge in [-0.3, -0.25) is 4.79 Å². The highest BCUT2D eigenvalue weighted by molar-refractivity contribution is 7.98. The molecule has 0 unspecified atom stereocenters. The van der Waals surface area contributed by atoms with E-state index in [1.807, 2.05) is 18.4 Å². The SMILES string of the molecule is CSc1ccc(Cl)c(C(=O)N(C)Cc2ccc(N3CCOCC3)cc2)c1. The summed E-state index contributed by atoms with van der Waals surface area (Å²) < 4.78 is 5.39. The Hall–Kier alpha value is -1.69. The minimum Gasteiger partial charge on any atom is -0.378 e. The van der Waals surface area contributed by atoms with Gasteiger partial charge in [0.1, 0.15) is 0 Å². The molecule has 2 aromatic rings. The molecule has 0 N–H and O–H groups in total. The Morgan fingerprint density at radius 2 is 1.88 bits per heavy atom. The zero-order valence-electron chi connectivity index (χ0n) is 15.1. The predicted molar refractivity (Wildman–Crippen MR) is 109 cm³/mol. The lowest BCUT2D eigenvalue weighted by molar-refractivity contribution is 0.0785. The summed E-state index contributed by atoms with van der Waals surface area (Å²) in [4.78, 5) is 17.8. The molecule has 1 saturated heterocycles. The Balaban J connectivity index is 1.67. The van der Waals surface area contributed by atoms with Crippen LogP contribution in [0.2, 0.25) is 5.02 Å². The predicted octanol–water partition coefficient (Wildman–Crippen LogP) is 4.17. The van der Waals surface area contributed by atoms with Crippen molar-refractivity contribution in [1.82, 2.24) is 4.90 Å². The topological polar surface area (TPSA) is 32.8 Å². The third-order valence-electron chi connectivity index (χ3n) is 4.48. The van der Waals surface area contributed by atoms with Gasteiger partial charge >= 0.3 is 0 Å². The molecule has 0 aromatic heterocycles. The van der Waals surface area contributed by atoms with Crippen molar-refractivity contribution in [2.24, 2.45) is 0 Å². The summed E-state index contributed by atoms with van der Waals surface area (Å²) in [5.74, 6) is -0.0665. The van der Waals surface area contributed by atoms with Crippen molar-refractivity contribution in [3.8, 4) is 0 Å². The van der Waals surface area contributed by atoms with Crippen molar-refractivity contribution in [3.63, 3.8) is 0 Å². The van der Waals surface area contributed by atoms with Crippen LogP contribution in [0.4, 0.5) is 5.69 Å². The molecule has 26 heavy (non-hydrogen) atoms. The summed E-state index contributed by atoms with van der Waals surface area (Å²) in [5.41, 5.74) is 2.84. The fourth-order valence-corrected chi connectivity index (χ4v) is 3.62. The Kier molecular flexibility index (Phi) is 6.46. The maximum Gasteiger partial charge on any atom is 0.255 e. The molecule has 1 amide bonds. The lowest BCUT2D eigenvalue weighted by Gasteiger charge is -2.29. The molecule has 1 fully saturated rings. The maximum atomic E-state index is 12.8. The highest BCUT2D eigenvalue weighted by Crippen LogP contribution is 2.25. The normalized spacial score (nSPS) is 14.3. The zero-order chi connectivity index (χ0) is 18.5. The number of benzene rings is 2. The van der Waals surface area contributed by atoms with Crippen LogP contribution < -0.4 is 4.90 Å². The van der Waals surface area contributed by atoms with E-state index in [9.17, 15) is 4.79 Å². The second-order valence-corrected chi connectivity index (χ2v) is 7.56. The van der Waals surface area contributed by atoms with Gasteiger partial charge in [-0.15, -0.1) is 11.8 Å². The molecule has 0 spiro atoms. The number of hydrogen-bond donors (Lipinski definition) is 0. The fourth-order valence-electron chi connectivity index (χ4n) is 2.98. The molecule has 0 radical (unpaired) electrons. The van der Waals surface area contributed by atoms with Gasteiger partial charge in [-0.2, -0.15) is 0 Å². The molecule has 0 saturated carbocycles. The Morgan fingerprint density at radius 1 is 1.19 bits per heavy atom. The van der Waals surface area contributed by atoms with Crippen LogP contribution in [-0.2, 0) is 11.3 Å². The summed E-state index contributed by atoms with van der Waals surface area (Å²) in [6.07, 6.45) is 1.98. The lowest BCUT2D eigenvalue weighted by Crippen LogP contribution is -2.36. The van der Waals surface area contributed by atoms with Crippen molar-refractivity contribution in [3.05, 3.63) is 58.6 Å². The molecule has 0 bridgehead atoms. The van der Waals surface area contributed by atoms with Crippen molar-refractivity contribution in [2.45, 2.75) is 11.4 Å². The van der Waals surface area contributed by atoms with Crippen LogP contribution >= 0.6 is 23.4 Å². The van der Waals surface area contributed by atoms with Gasteiger partial charge in [0.05, 0.1) is 23.8 Å². The van der Waals surface area contributed by atoms with Crippen LogP contribution in [0.3, 0.4) is 0 Å². The van der Waals surface area contributed by atoms with Crippen LogP contribution in [0.25, 0.3) is 0 Å². The molecule has 2 aromatic carbocycles. The number of halogens is 1. The molecular weight excluding hydrogens is 368 g/mol. The number of amides is 1. The summed E-state index contributed by atoms with van der Waals surface area (Å²) in [6, 6.07) is 13.9. The van der Waals surface area contributed by atoms with E-state index in [1.165, 1.54) is 5.69 Å². The molecule has 1 aliphatic heterocycles. The Bertz CT molecular complexity index is 761. The number of ether oxygens (including phenoxy) is 1. The minimum atomic E-state index is -0.0665. The van der Waals surface area contributed by atoms with E-state index >= 15 is 0 Å². The number of nitrogens with zero attached hydrogens (tertiary/aromatic N) is 2. The summed E-state index contributed by atoms with van der Waals surface area (Å²) in [5, 5.41) is 0.488. The largest absolute Gasteiger partial charge is 0.378 e. The third-order valence-corrected chi connectivity index (χ3v) is 5.54. The van der Waals surface area contributed by atoms with E-state index in [-0.39, 0.29) is 5.91 Å². The summed E-state index contributed by atoms with van der Waals surface area (Å²) >= 11 is 7.83. The molecule has 0 atom stereocenters. The van der Waals surface area contributed by atoms with Gasteiger partial charge in [0.15, 0.2) is 0 Å². The number of carbonyl (C=O) groups excluding carboxylic acids is 1. The highest BCUT2D eigenvalue weighted by atomic mass is 35.5. The van der Waals surface area contributed by atoms with Crippen LogP contribution in [-0.4, -0.2) is 50.4 Å². The van der Waals surface area contributed by atoms with E-state index in [1.54, 1.807) is 29.8 Å². The first-order valence-electron chi connectivity index (χ1n) is 8.59. The van der Waals surface area contributed by atoms with Gasteiger partial charge in [0, 0.05) is 37.3 Å². The molecule has 138 valence electrons. The van der Waals surface area contributed by atoms with Gasteiger partial charge in [-0.1, -0.05) is 23.7 Å². The van der Waals surface area contributed by atoms with Gasteiger partial charge in [0.25, 0.3) is 5.91 Å². The van der Waals surface area contributed by atoms with Gasteiger partial charge in [-0.25, -0.2) is 0 Å². The third kappa shape index (κ3) is 4.53. The van der Waals surface area contributed by atoms with Crippen LogP contribution in [0.5, 0.6) is 0 Å². The van der Waals surface area contributed by atoms with Gasteiger partial charge < -0.3 is 14.5 Å². The van der Waals surface area contributed by atoms with Gasteiger partial charge in [-0.05, 0) is 42.2 Å². The van der Waals surface area contributed by atoms with E-state index in [4.69, 9.17) is 16.3 Å². The van der Waals surface area contributed by atoms with Crippen molar-refractivity contribution in [2.75, 3.05) is 44.5 Å². The average molecular weight is 391 g/mol. The smallest absolute Gasteiger partial charge is 0.255 e. The molecule has 0 aliphatic carbocycles. The van der Waals surface area contributed by atoms with Crippen molar-refractivity contribution < 1.29 is 9.53 Å². The first-order valence-corrected chi connectivity index (χ1v) is 10.2. The van der Waals surface area contributed by atoms with E-state index in [2.05, 4.69) is 29.2 Å². The molecule has 6 heteroatoms. The first kappa shape index (κ1) is 19.1. The van der Waals surface area contributed by atoms with Crippen molar-refractivity contribution in [1.29, 1.82) is 0 Å². The molecule has 1 aliphatic rings. The monoisotopic (exact) mass is 390 g/mol. The lowest BCUT2D eigenvalue weighted by atomic mass is 10.1. The zero-order valence-corrected chi connectivity index (χ0v) is 16.6. The highest BCUT2D eigenvalue weighted by Gasteiger charge is 2.17. The van der Waals surface area contributed by atoms with E-state index in [0.717, 1.165) is 36.8 Å². The number of anilines is 1. The number of hydrogen-bond acceptors (Lipinski definition) is 4. The molecule has 4 nitrogen and oxygen atoms in total. The second-order valence-electron chi connectivity index (χ2n) is 6.27. The maximum absolute atomic E-state index is 12.8. The van der Waals surface area contributed by atoms with E-state index < -0.39 is 0 Å².